The highest BCUT2D eigenvalue weighted by molar-refractivity contribution is 6.76. The van der Waals surface area contributed by atoms with Crippen molar-refractivity contribution in [2.45, 2.75) is 32.4 Å². The minimum atomic E-state index is -1.11. The summed E-state index contributed by atoms with van der Waals surface area (Å²) in [6.07, 6.45) is 2.98. The highest BCUT2D eigenvalue weighted by atomic mass is 28.3. The SMILES string of the molecule is C[Si](C)(C)CCOCn1nc(-c2cnco2)c2cc(O)ccc21. The summed E-state index contributed by atoms with van der Waals surface area (Å²) >= 11 is 0. The highest BCUT2D eigenvalue weighted by Gasteiger charge is 2.16. The molecule has 7 heteroatoms. The van der Waals surface area contributed by atoms with E-state index in [9.17, 15) is 5.11 Å². The van der Waals surface area contributed by atoms with Gasteiger partial charge in [0.15, 0.2) is 12.2 Å². The molecule has 0 spiro atoms. The molecule has 0 saturated carbocycles. The van der Waals surface area contributed by atoms with Crippen molar-refractivity contribution in [3.63, 3.8) is 0 Å². The molecule has 1 N–H and O–H groups in total. The lowest BCUT2D eigenvalue weighted by Gasteiger charge is -2.15. The molecule has 0 bridgehead atoms. The van der Waals surface area contributed by atoms with Crippen LogP contribution in [0.2, 0.25) is 25.7 Å². The van der Waals surface area contributed by atoms with E-state index in [4.69, 9.17) is 9.15 Å². The van der Waals surface area contributed by atoms with Crippen LogP contribution in [0.1, 0.15) is 0 Å². The fraction of sp³-hybridized carbons (Fsp3) is 0.375. The van der Waals surface area contributed by atoms with Crippen LogP contribution in [0, 0.1) is 0 Å². The molecular weight excluding hydrogens is 310 g/mol. The van der Waals surface area contributed by atoms with Crippen LogP contribution in [0.25, 0.3) is 22.4 Å². The van der Waals surface area contributed by atoms with E-state index in [-0.39, 0.29) is 5.75 Å². The number of nitrogens with zero attached hydrogens (tertiary/aromatic N) is 3. The smallest absolute Gasteiger partial charge is 0.181 e. The fourth-order valence-corrected chi connectivity index (χ4v) is 3.07. The predicted octanol–water partition coefficient (Wildman–Crippen LogP) is 3.71. The van der Waals surface area contributed by atoms with Crippen molar-refractivity contribution in [3.8, 4) is 17.2 Å². The second-order valence-corrected chi connectivity index (χ2v) is 12.4. The van der Waals surface area contributed by atoms with E-state index in [0.717, 1.165) is 23.6 Å². The molecule has 3 aromatic rings. The summed E-state index contributed by atoms with van der Waals surface area (Å²) in [5.74, 6) is 0.763. The Balaban J connectivity index is 1.86. The lowest BCUT2D eigenvalue weighted by atomic mass is 10.2. The van der Waals surface area contributed by atoms with E-state index in [1.807, 2.05) is 6.07 Å². The number of oxazole rings is 1. The Morgan fingerprint density at radius 2 is 2.13 bits per heavy atom. The number of phenols is 1. The van der Waals surface area contributed by atoms with Crippen LogP contribution in [0.3, 0.4) is 0 Å². The molecule has 0 radical (unpaired) electrons. The van der Waals surface area contributed by atoms with Crippen molar-refractivity contribution in [1.82, 2.24) is 14.8 Å². The largest absolute Gasteiger partial charge is 0.508 e. The number of benzene rings is 1. The van der Waals surface area contributed by atoms with Gasteiger partial charge >= 0.3 is 0 Å². The van der Waals surface area contributed by atoms with E-state index >= 15 is 0 Å². The van der Waals surface area contributed by atoms with Crippen LogP contribution in [0.15, 0.2) is 35.2 Å². The predicted molar refractivity (Wildman–Crippen MR) is 91.0 cm³/mol. The Morgan fingerprint density at radius 3 is 2.83 bits per heavy atom. The van der Waals surface area contributed by atoms with Gasteiger partial charge in [0.2, 0.25) is 0 Å². The van der Waals surface area contributed by atoms with E-state index in [2.05, 4.69) is 29.7 Å². The third-order valence-corrected chi connectivity index (χ3v) is 5.31. The highest BCUT2D eigenvalue weighted by Crippen LogP contribution is 2.30. The summed E-state index contributed by atoms with van der Waals surface area (Å²) in [5, 5.41) is 15.1. The van der Waals surface area contributed by atoms with Gasteiger partial charge in [-0.2, -0.15) is 5.10 Å². The Labute approximate surface area is 135 Å². The van der Waals surface area contributed by atoms with Crippen molar-refractivity contribution in [1.29, 1.82) is 0 Å². The van der Waals surface area contributed by atoms with Crippen molar-refractivity contribution < 1.29 is 14.3 Å². The Bertz CT molecular complexity index is 791. The second kappa shape index (κ2) is 6.17. The third kappa shape index (κ3) is 3.62. The Kier molecular flexibility index (Phi) is 4.23. The molecule has 23 heavy (non-hydrogen) atoms. The van der Waals surface area contributed by atoms with Crippen molar-refractivity contribution in [3.05, 3.63) is 30.8 Å². The molecule has 2 aromatic heterocycles. The minimum Gasteiger partial charge on any atom is -0.508 e. The molecule has 0 amide bonds. The summed E-state index contributed by atoms with van der Waals surface area (Å²) in [5.41, 5.74) is 1.55. The van der Waals surface area contributed by atoms with E-state index in [0.29, 0.717) is 18.2 Å². The Morgan fingerprint density at radius 1 is 1.30 bits per heavy atom. The molecule has 0 aliphatic heterocycles. The van der Waals surface area contributed by atoms with Crippen molar-refractivity contribution in [2.75, 3.05) is 6.61 Å². The molecule has 0 fully saturated rings. The first-order chi connectivity index (χ1) is 10.9. The molecule has 0 aliphatic rings. The molecule has 2 heterocycles. The van der Waals surface area contributed by atoms with Crippen LogP contribution >= 0.6 is 0 Å². The van der Waals surface area contributed by atoms with Crippen molar-refractivity contribution >= 4 is 19.0 Å². The summed E-state index contributed by atoms with van der Waals surface area (Å²) in [6.45, 7) is 8.08. The first kappa shape index (κ1) is 15.8. The molecular formula is C16H21N3O3Si. The number of hydrogen-bond donors (Lipinski definition) is 1. The number of ether oxygens (including phenoxy) is 1. The Hall–Kier alpha value is -2.12. The molecule has 1 aromatic carbocycles. The molecule has 0 unspecified atom stereocenters. The van der Waals surface area contributed by atoms with Gasteiger partial charge in [0.1, 0.15) is 18.2 Å². The molecule has 6 nitrogen and oxygen atoms in total. The van der Waals surface area contributed by atoms with Crippen molar-refractivity contribution in [2.24, 2.45) is 0 Å². The average Bonchev–Trinajstić information content (AvgIpc) is 3.09. The first-order valence-corrected chi connectivity index (χ1v) is 11.3. The minimum absolute atomic E-state index is 0.192. The number of fused-ring (bicyclic) bond motifs is 1. The maximum atomic E-state index is 9.76. The van der Waals surface area contributed by atoms with E-state index in [1.165, 1.54) is 6.39 Å². The first-order valence-electron chi connectivity index (χ1n) is 7.60. The van der Waals surface area contributed by atoms with Gasteiger partial charge in [-0.1, -0.05) is 19.6 Å². The van der Waals surface area contributed by atoms with E-state index < -0.39 is 8.07 Å². The average molecular weight is 331 g/mol. The number of aromatic hydroxyl groups is 1. The zero-order chi connectivity index (χ0) is 16.4. The van der Waals surface area contributed by atoms with Crippen LogP contribution in [0.4, 0.5) is 0 Å². The molecule has 3 rings (SSSR count). The summed E-state index contributed by atoms with van der Waals surface area (Å²) in [7, 11) is -1.11. The van der Waals surface area contributed by atoms with Gasteiger partial charge in [0, 0.05) is 20.1 Å². The van der Waals surface area contributed by atoms with Gasteiger partial charge in [0.05, 0.1) is 11.7 Å². The summed E-state index contributed by atoms with van der Waals surface area (Å²) in [6, 6.07) is 6.27. The maximum absolute atomic E-state index is 9.76. The van der Waals surface area contributed by atoms with Crippen LogP contribution in [-0.4, -0.2) is 34.6 Å². The number of hydrogen-bond acceptors (Lipinski definition) is 5. The van der Waals surface area contributed by atoms with Gasteiger partial charge in [-0.05, 0) is 24.2 Å². The second-order valence-electron chi connectivity index (χ2n) is 6.76. The number of phenolic OH excluding ortho intramolecular Hbond substituents is 1. The van der Waals surface area contributed by atoms with Gasteiger partial charge in [-0.25, -0.2) is 9.67 Å². The summed E-state index contributed by atoms with van der Waals surface area (Å²) in [4.78, 5) is 3.93. The lowest BCUT2D eigenvalue weighted by Crippen LogP contribution is -2.22. The molecule has 0 saturated heterocycles. The standard InChI is InChI=1S/C16H21N3O3Si/c1-23(2,3)7-6-21-11-19-14-5-4-12(20)8-13(14)16(18-19)15-9-17-10-22-15/h4-5,8-10,20H,6-7,11H2,1-3H3. The summed E-state index contributed by atoms with van der Waals surface area (Å²) < 4.78 is 12.9. The molecule has 122 valence electrons. The fourth-order valence-electron chi connectivity index (χ4n) is 2.31. The monoisotopic (exact) mass is 331 g/mol. The lowest BCUT2D eigenvalue weighted by molar-refractivity contribution is 0.0818. The number of aromatic nitrogens is 3. The van der Waals surface area contributed by atoms with Crippen LogP contribution in [-0.2, 0) is 11.5 Å². The van der Waals surface area contributed by atoms with Crippen LogP contribution in [0.5, 0.6) is 5.75 Å². The van der Waals surface area contributed by atoms with Gasteiger partial charge in [-0.3, -0.25) is 0 Å². The topological polar surface area (TPSA) is 73.3 Å². The molecule has 0 atom stereocenters. The van der Waals surface area contributed by atoms with Gasteiger partial charge in [-0.15, -0.1) is 0 Å². The number of rotatable bonds is 6. The van der Waals surface area contributed by atoms with Gasteiger partial charge in [0.25, 0.3) is 0 Å². The van der Waals surface area contributed by atoms with Crippen LogP contribution < -0.4 is 0 Å². The molecule has 0 aliphatic carbocycles. The maximum Gasteiger partial charge on any atom is 0.181 e. The van der Waals surface area contributed by atoms with E-state index in [1.54, 1.807) is 23.0 Å². The third-order valence-electron chi connectivity index (χ3n) is 3.61. The quantitative estimate of drug-likeness (QED) is 0.550. The zero-order valence-corrected chi connectivity index (χ0v) is 14.6. The normalized spacial score (nSPS) is 12.1. The zero-order valence-electron chi connectivity index (χ0n) is 13.6. The van der Waals surface area contributed by atoms with Gasteiger partial charge < -0.3 is 14.3 Å².